The Balaban J connectivity index is 4.41. The Hall–Kier alpha value is -1.31. The van der Waals surface area contributed by atoms with Gasteiger partial charge in [0.05, 0.1) is 6.61 Å². The molecule has 1 unspecified atom stereocenters. The van der Waals surface area contributed by atoms with Gasteiger partial charge in [-0.05, 0) is 13.8 Å². The van der Waals surface area contributed by atoms with Crippen LogP contribution >= 0.6 is 0 Å². The molecule has 0 heterocycles. The van der Waals surface area contributed by atoms with E-state index in [4.69, 9.17) is 0 Å². The minimum atomic E-state index is -4.61. The van der Waals surface area contributed by atoms with Crippen molar-refractivity contribution in [1.29, 1.82) is 0 Å². The Labute approximate surface area is 89.6 Å². The summed E-state index contributed by atoms with van der Waals surface area (Å²) >= 11 is 0. The van der Waals surface area contributed by atoms with Crippen LogP contribution in [0.3, 0.4) is 0 Å². The lowest BCUT2D eigenvalue weighted by Crippen LogP contribution is -2.53. The summed E-state index contributed by atoms with van der Waals surface area (Å²) in [4.78, 5) is 22.1. The lowest BCUT2D eigenvalue weighted by Gasteiger charge is -2.20. The fourth-order valence-electron chi connectivity index (χ4n) is 0.717. The second-order valence-corrected chi connectivity index (χ2v) is 3.09. The maximum atomic E-state index is 11.7. The van der Waals surface area contributed by atoms with Gasteiger partial charge in [-0.1, -0.05) is 0 Å². The second-order valence-electron chi connectivity index (χ2n) is 3.09. The van der Waals surface area contributed by atoms with Crippen molar-refractivity contribution in [2.75, 3.05) is 13.2 Å². The van der Waals surface area contributed by atoms with Gasteiger partial charge in [-0.2, -0.15) is 13.2 Å². The molecule has 16 heavy (non-hydrogen) atoms. The van der Waals surface area contributed by atoms with Crippen LogP contribution in [0, 0.1) is 0 Å². The van der Waals surface area contributed by atoms with Crippen LogP contribution in [0.1, 0.15) is 13.8 Å². The number of rotatable bonds is 4. The van der Waals surface area contributed by atoms with Gasteiger partial charge in [-0.25, -0.2) is 4.79 Å². The zero-order valence-corrected chi connectivity index (χ0v) is 8.72. The molecular formula is C8H12F3NO4. The highest BCUT2D eigenvalue weighted by Gasteiger charge is 2.42. The number of amides is 1. The van der Waals surface area contributed by atoms with E-state index in [-0.39, 0.29) is 6.61 Å². The van der Waals surface area contributed by atoms with Gasteiger partial charge in [-0.15, -0.1) is 0 Å². The van der Waals surface area contributed by atoms with E-state index in [1.165, 1.54) is 12.2 Å². The van der Waals surface area contributed by atoms with Gasteiger partial charge in [-0.3, -0.25) is 4.79 Å². The third-order valence-electron chi connectivity index (χ3n) is 1.56. The quantitative estimate of drug-likeness (QED) is 0.537. The smallest absolute Gasteiger partial charge is 0.405 e. The molecule has 0 rings (SSSR count). The van der Waals surface area contributed by atoms with Gasteiger partial charge in [0.15, 0.2) is 0 Å². The van der Waals surface area contributed by atoms with E-state index in [9.17, 15) is 27.9 Å². The van der Waals surface area contributed by atoms with Crippen molar-refractivity contribution in [1.82, 2.24) is 5.32 Å². The topological polar surface area (TPSA) is 75.6 Å². The molecule has 0 saturated heterocycles. The van der Waals surface area contributed by atoms with E-state index in [0.717, 1.165) is 6.92 Å². The summed E-state index contributed by atoms with van der Waals surface area (Å²) in [6.45, 7) is 0.473. The summed E-state index contributed by atoms with van der Waals surface area (Å²) < 4.78 is 39.6. The average Bonchev–Trinajstić information content (AvgIpc) is 2.13. The van der Waals surface area contributed by atoms with E-state index in [1.54, 1.807) is 0 Å². The SMILES string of the molecule is CCOC(=O)C(C)(O)C(=O)NCC(F)(F)F. The third-order valence-corrected chi connectivity index (χ3v) is 1.56. The van der Waals surface area contributed by atoms with Crippen LogP contribution in [0.25, 0.3) is 0 Å². The highest BCUT2D eigenvalue weighted by Crippen LogP contribution is 2.13. The highest BCUT2D eigenvalue weighted by molar-refractivity contribution is 6.05. The summed E-state index contributed by atoms with van der Waals surface area (Å²) in [5, 5.41) is 10.7. The first-order chi connectivity index (χ1) is 7.11. The molecule has 1 amide bonds. The summed E-state index contributed by atoms with van der Waals surface area (Å²) in [7, 11) is 0. The predicted molar refractivity (Wildman–Crippen MR) is 46.3 cm³/mol. The van der Waals surface area contributed by atoms with Crippen molar-refractivity contribution in [2.24, 2.45) is 0 Å². The third kappa shape index (κ3) is 4.47. The molecule has 0 aromatic heterocycles. The van der Waals surface area contributed by atoms with Gasteiger partial charge in [0.2, 0.25) is 5.60 Å². The molecule has 0 spiro atoms. The number of nitrogens with one attached hydrogen (secondary N) is 1. The molecule has 0 aromatic carbocycles. The standard InChI is InChI=1S/C8H12F3NO4/c1-3-16-6(14)7(2,15)5(13)12-4-8(9,10)11/h15H,3-4H2,1-2H3,(H,12,13). The fourth-order valence-corrected chi connectivity index (χ4v) is 0.717. The maximum absolute atomic E-state index is 11.7. The van der Waals surface area contributed by atoms with Crippen LogP contribution in [0.15, 0.2) is 0 Å². The van der Waals surface area contributed by atoms with Crippen LogP contribution in [0.2, 0.25) is 0 Å². The van der Waals surface area contributed by atoms with Crippen LogP contribution in [-0.2, 0) is 14.3 Å². The van der Waals surface area contributed by atoms with Crippen LogP contribution in [0.5, 0.6) is 0 Å². The maximum Gasteiger partial charge on any atom is 0.405 e. The predicted octanol–water partition coefficient (Wildman–Crippen LogP) is -0.0210. The average molecular weight is 243 g/mol. The van der Waals surface area contributed by atoms with Crippen LogP contribution in [-0.4, -0.2) is 41.9 Å². The van der Waals surface area contributed by atoms with Crippen LogP contribution in [0.4, 0.5) is 13.2 Å². The molecule has 8 heteroatoms. The molecule has 94 valence electrons. The molecule has 2 N–H and O–H groups in total. The number of halogens is 3. The summed E-state index contributed by atoms with van der Waals surface area (Å²) in [5.74, 6) is -2.75. The number of hydrogen-bond donors (Lipinski definition) is 2. The normalized spacial score (nSPS) is 15.1. The van der Waals surface area contributed by atoms with Gasteiger partial charge in [0, 0.05) is 0 Å². The zero-order chi connectivity index (χ0) is 13.0. The monoisotopic (exact) mass is 243 g/mol. The van der Waals surface area contributed by atoms with E-state index in [0.29, 0.717) is 0 Å². The largest absolute Gasteiger partial charge is 0.463 e. The van der Waals surface area contributed by atoms with Gasteiger partial charge in [0.25, 0.3) is 5.91 Å². The summed E-state index contributed by atoms with van der Waals surface area (Å²) in [6, 6.07) is 0. The number of ether oxygens (including phenoxy) is 1. The van der Waals surface area contributed by atoms with Crippen molar-refractivity contribution in [3.8, 4) is 0 Å². The molecular weight excluding hydrogens is 231 g/mol. The van der Waals surface area contributed by atoms with Crippen molar-refractivity contribution >= 4 is 11.9 Å². The lowest BCUT2D eigenvalue weighted by molar-refractivity contribution is -0.171. The number of carbonyl (C=O) groups excluding carboxylic acids is 2. The molecule has 0 aliphatic carbocycles. The van der Waals surface area contributed by atoms with E-state index >= 15 is 0 Å². The zero-order valence-electron chi connectivity index (χ0n) is 8.72. The number of alkyl halides is 3. The summed E-state index contributed by atoms with van der Waals surface area (Å²) in [5.41, 5.74) is -2.62. The first-order valence-electron chi connectivity index (χ1n) is 4.36. The molecule has 0 aliphatic rings. The van der Waals surface area contributed by atoms with Crippen molar-refractivity contribution in [2.45, 2.75) is 25.6 Å². The van der Waals surface area contributed by atoms with E-state index in [2.05, 4.69) is 4.74 Å². The summed E-state index contributed by atoms with van der Waals surface area (Å²) in [6.07, 6.45) is -4.61. The first kappa shape index (κ1) is 14.7. The molecule has 0 saturated carbocycles. The Bertz CT molecular complexity index is 275. The first-order valence-corrected chi connectivity index (χ1v) is 4.36. The highest BCUT2D eigenvalue weighted by atomic mass is 19.4. The number of esters is 1. The van der Waals surface area contributed by atoms with Crippen LogP contribution < -0.4 is 5.32 Å². The number of aliphatic hydroxyl groups is 1. The fraction of sp³-hybridized carbons (Fsp3) is 0.750. The Morgan fingerprint density at radius 2 is 1.88 bits per heavy atom. The van der Waals surface area contributed by atoms with E-state index < -0.39 is 30.2 Å². The molecule has 1 atom stereocenters. The van der Waals surface area contributed by atoms with Gasteiger partial charge >= 0.3 is 12.1 Å². The molecule has 0 fully saturated rings. The molecule has 0 aliphatic heterocycles. The number of carbonyl (C=O) groups is 2. The van der Waals surface area contributed by atoms with Gasteiger partial charge in [0.1, 0.15) is 6.54 Å². The molecule has 0 radical (unpaired) electrons. The second kappa shape index (κ2) is 5.15. The lowest BCUT2D eigenvalue weighted by atomic mass is 10.1. The molecule has 0 bridgehead atoms. The Kier molecular flexibility index (Phi) is 4.73. The number of hydrogen-bond acceptors (Lipinski definition) is 4. The molecule has 0 aromatic rings. The van der Waals surface area contributed by atoms with Crippen molar-refractivity contribution in [3.05, 3.63) is 0 Å². The Morgan fingerprint density at radius 1 is 1.38 bits per heavy atom. The van der Waals surface area contributed by atoms with Gasteiger partial charge < -0.3 is 15.2 Å². The van der Waals surface area contributed by atoms with Crippen molar-refractivity contribution in [3.63, 3.8) is 0 Å². The Morgan fingerprint density at radius 3 is 2.25 bits per heavy atom. The van der Waals surface area contributed by atoms with Crippen molar-refractivity contribution < 1.29 is 32.6 Å². The van der Waals surface area contributed by atoms with E-state index in [1.807, 2.05) is 0 Å². The molecule has 5 nitrogen and oxygen atoms in total. The minimum absolute atomic E-state index is 0.0957. The minimum Gasteiger partial charge on any atom is -0.463 e.